The summed E-state index contributed by atoms with van der Waals surface area (Å²) in [5.41, 5.74) is 1.61. The zero-order valence-corrected chi connectivity index (χ0v) is 22.6. The SMILES string of the molecule is CCNC(=NCC1(N2CCOCC2)CCSC1)NC1CCN(Cc2ccccc2)CC1.I. The number of hydrogen-bond donors (Lipinski definition) is 2. The number of guanidine groups is 1. The number of thioether (sulfide) groups is 1. The van der Waals surface area contributed by atoms with Crippen molar-refractivity contribution in [3.63, 3.8) is 0 Å². The molecular formula is C24H40IN5OS. The van der Waals surface area contributed by atoms with Crippen LogP contribution in [-0.2, 0) is 11.3 Å². The van der Waals surface area contributed by atoms with Gasteiger partial charge in [0.15, 0.2) is 5.96 Å². The van der Waals surface area contributed by atoms with Crippen molar-refractivity contribution in [1.29, 1.82) is 0 Å². The highest BCUT2D eigenvalue weighted by atomic mass is 127. The zero-order valence-electron chi connectivity index (χ0n) is 19.4. The van der Waals surface area contributed by atoms with E-state index in [-0.39, 0.29) is 29.5 Å². The van der Waals surface area contributed by atoms with Gasteiger partial charge in [-0.15, -0.1) is 24.0 Å². The highest BCUT2D eigenvalue weighted by Gasteiger charge is 2.40. The molecule has 4 rings (SSSR count). The number of aliphatic imine (C=N–C) groups is 1. The van der Waals surface area contributed by atoms with Gasteiger partial charge in [-0.3, -0.25) is 14.8 Å². The summed E-state index contributed by atoms with van der Waals surface area (Å²) in [7, 11) is 0. The average Bonchev–Trinajstić information content (AvgIpc) is 3.30. The van der Waals surface area contributed by atoms with E-state index in [4.69, 9.17) is 9.73 Å². The number of nitrogens with one attached hydrogen (secondary N) is 2. The van der Waals surface area contributed by atoms with Crippen LogP contribution in [0.25, 0.3) is 0 Å². The van der Waals surface area contributed by atoms with Crippen molar-refractivity contribution < 1.29 is 4.74 Å². The molecule has 3 fully saturated rings. The van der Waals surface area contributed by atoms with Crippen LogP contribution in [-0.4, -0.2) is 91.3 Å². The molecule has 0 aromatic heterocycles. The van der Waals surface area contributed by atoms with Gasteiger partial charge in [0.25, 0.3) is 0 Å². The molecule has 6 nitrogen and oxygen atoms in total. The minimum atomic E-state index is 0. The number of morpholine rings is 1. The Morgan fingerprint density at radius 1 is 1.16 bits per heavy atom. The van der Waals surface area contributed by atoms with Gasteiger partial charge in [0.05, 0.1) is 25.3 Å². The van der Waals surface area contributed by atoms with E-state index in [1.54, 1.807) is 0 Å². The number of piperidine rings is 1. The van der Waals surface area contributed by atoms with Gasteiger partial charge in [-0.1, -0.05) is 30.3 Å². The molecule has 0 spiro atoms. The highest BCUT2D eigenvalue weighted by molar-refractivity contribution is 14.0. The standard InChI is InChI=1S/C24H39N5OS.HI/c1-2-25-23(26-19-24(10-17-31-20-24)29-13-15-30-16-14-29)27-22-8-11-28(12-9-22)18-21-6-4-3-5-7-21;/h3-7,22H,2,8-20H2,1H3,(H2,25,26,27);1H. The molecule has 3 aliphatic rings. The van der Waals surface area contributed by atoms with E-state index >= 15 is 0 Å². The van der Waals surface area contributed by atoms with Crippen molar-refractivity contribution >= 4 is 41.7 Å². The van der Waals surface area contributed by atoms with Crippen molar-refractivity contribution in [3.05, 3.63) is 35.9 Å². The van der Waals surface area contributed by atoms with Crippen molar-refractivity contribution in [2.75, 3.05) is 64.0 Å². The van der Waals surface area contributed by atoms with Crippen LogP contribution in [0.1, 0.15) is 31.7 Å². The number of likely N-dealkylation sites (tertiary alicyclic amines) is 1. The molecule has 0 aliphatic carbocycles. The van der Waals surface area contributed by atoms with Gasteiger partial charge in [0.1, 0.15) is 0 Å². The van der Waals surface area contributed by atoms with Gasteiger partial charge in [-0.2, -0.15) is 11.8 Å². The maximum absolute atomic E-state index is 5.60. The molecule has 2 N–H and O–H groups in total. The molecule has 180 valence electrons. The quantitative estimate of drug-likeness (QED) is 0.297. The van der Waals surface area contributed by atoms with Gasteiger partial charge < -0.3 is 15.4 Å². The van der Waals surface area contributed by atoms with Crippen molar-refractivity contribution in [3.8, 4) is 0 Å². The third-order valence-electron chi connectivity index (χ3n) is 6.82. The van der Waals surface area contributed by atoms with Gasteiger partial charge >= 0.3 is 0 Å². The first-order valence-corrected chi connectivity index (χ1v) is 13.1. The first kappa shape index (κ1) is 26.1. The summed E-state index contributed by atoms with van der Waals surface area (Å²) in [6.45, 7) is 11.1. The van der Waals surface area contributed by atoms with Crippen LogP contribution in [0.4, 0.5) is 0 Å². The lowest BCUT2D eigenvalue weighted by Crippen LogP contribution is -2.56. The Hall–Kier alpha value is -0.550. The molecule has 32 heavy (non-hydrogen) atoms. The predicted octanol–water partition coefficient (Wildman–Crippen LogP) is 3.03. The Labute approximate surface area is 215 Å². The molecule has 1 aromatic carbocycles. The van der Waals surface area contributed by atoms with Gasteiger partial charge in [0, 0.05) is 51.1 Å². The van der Waals surface area contributed by atoms with Crippen LogP contribution in [0.15, 0.2) is 35.3 Å². The fraction of sp³-hybridized carbons (Fsp3) is 0.708. The summed E-state index contributed by atoms with van der Waals surface area (Å²) in [6, 6.07) is 11.3. The van der Waals surface area contributed by atoms with E-state index in [1.807, 2.05) is 0 Å². The van der Waals surface area contributed by atoms with E-state index in [9.17, 15) is 0 Å². The highest BCUT2D eigenvalue weighted by Crippen LogP contribution is 2.34. The second-order valence-corrected chi connectivity index (χ2v) is 10.1. The molecule has 3 aliphatic heterocycles. The molecule has 1 aromatic rings. The Kier molecular flexibility index (Phi) is 10.9. The Bertz CT molecular complexity index is 687. The first-order valence-electron chi connectivity index (χ1n) is 12.0. The Morgan fingerprint density at radius 3 is 2.56 bits per heavy atom. The fourth-order valence-electron chi connectivity index (χ4n) is 4.92. The number of halogens is 1. The zero-order chi connectivity index (χ0) is 21.4. The molecule has 8 heteroatoms. The lowest BCUT2D eigenvalue weighted by atomic mass is 9.96. The summed E-state index contributed by atoms with van der Waals surface area (Å²) < 4.78 is 5.60. The lowest BCUT2D eigenvalue weighted by Gasteiger charge is -2.42. The summed E-state index contributed by atoms with van der Waals surface area (Å²) in [4.78, 5) is 10.3. The normalized spacial score (nSPS) is 26.0. The summed E-state index contributed by atoms with van der Waals surface area (Å²) >= 11 is 2.08. The van der Waals surface area contributed by atoms with Gasteiger partial charge in [0.2, 0.25) is 0 Å². The number of nitrogens with zero attached hydrogens (tertiary/aromatic N) is 3. The number of benzene rings is 1. The smallest absolute Gasteiger partial charge is 0.191 e. The molecule has 0 radical (unpaired) electrons. The molecular weight excluding hydrogens is 533 g/mol. The average molecular weight is 574 g/mol. The van der Waals surface area contributed by atoms with Crippen LogP contribution >= 0.6 is 35.7 Å². The van der Waals surface area contributed by atoms with Crippen LogP contribution in [0.2, 0.25) is 0 Å². The molecule has 3 heterocycles. The summed E-state index contributed by atoms with van der Waals surface area (Å²) in [6.07, 6.45) is 3.57. The van der Waals surface area contributed by atoms with Crippen molar-refractivity contribution in [2.45, 2.75) is 44.3 Å². The van der Waals surface area contributed by atoms with Crippen molar-refractivity contribution in [1.82, 2.24) is 20.4 Å². The van der Waals surface area contributed by atoms with E-state index in [0.29, 0.717) is 6.04 Å². The second kappa shape index (κ2) is 13.4. The molecule has 1 atom stereocenters. The third kappa shape index (κ3) is 7.22. The Balaban J connectivity index is 0.00000289. The maximum Gasteiger partial charge on any atom is 0.191 e. The third-order valence-corrected chi connectivity index (χ3v) is 8.05. The molecule has 1 unspecified atom stereocenters. The lowest BCUT2D eigenvalue weighted by molar-refractivity contribution is -0.0104. The monoisotopic (exact) mass is 573 g/mol. The topological polar surface area (TPSA) is 52.1 Å². The minimum absolute atomic E-state index is 0. The summed E-state index contributed by atoms with van der Waals surface area (Å²) in [5, 5.41) is 7.25. The second-order valence-electron chi connectivity index (χ2n) is 9.00. The molecule has 3 saturated heterocycles. The molecule has 0 amide bonds. The van der Waals surface area contributed by atoms with E-state index in [0.717, 1.165) is 65.0 Å². The minimum Gasteiger partial charge on any atom is -0.379 e. The molecule has 0 saturated carbocycles. The van der Waals surface area contributed by atoms with Crippen LogP contribution in [0.5, 0.6) is 0 Å². The number of rotatable bonds is 7. The van der Waals surface area contributed by atoms with Crippen LogP contribution < -0.4 is 10.6 Å². The van der Waals surface area contributed by atoms with E-state index in [1.165, 1.54) is 36.3 Å². The predicted molar refractivity (Wildman–Crippen MR) is 146 cm³/mol. The molecule has 0 bridgehead atoms. The van der Waals surface area contributed by atoms with E-state index < -0.39 is 0 Å². The maximum atomic E-state index is 5.60. The van der Waals surface area contributed by atoms with Crippen LogP contribution in [0, 0.1) is 0 Å². The van der Waals surface area contributed by atoms with E-state index in [2.05, 4.69) is 69.5 Å². The number of ether oxygens (including phenoxy) is 1. The van der Waals surface area contributed by atoms with Crippen molar-refractivity contribution in [2.24, 2.45) is 4.99 Å². The van der Waals surface area contributed by atoms with Gasteiger partial charge in [-0.05, 0) is 37.5 Å². The first-order chi connectivity index (χ1) is 15.3. The largest absolute Gasteiger partial charge is 0.379 e. The number of hydrogen-bond acceptors (Lipinski definition) is 5. The van der Waals surface area contributed by atoms with Crippen LogP contribution in [0.3, 0.4) is 0 Å². The van der Waals surface area contributed by atoms with Gasteiger partial charge in [-0.25, -0.2) is 0 Å². The summed E-state index contributed by atoms with van der Waals surface area (Å²) in [5.74, 6) is 3.43. The fourth-order valence-corrected chi connectivity index (χ4v) is 6.39. The Morgan fingerprint density at radius 2 is 1.91 bits per heavy atom.